The maximum absolute atomic E-state index is 12.7. The number of hydrogen-bond acceptors (Lipinski definition) is 5. The molecule has 0 aliphatic rings. The van der Waals surface area contributed by atoms with Gasteiger partial charge in [0, 0.05) is 24.4 Å². The second-order valence-corrected chi connectivity index (χ2v) is 8.49. The van der Waals surface area contributed by atoms with Crippen molar-refractivity contribution in [1.29, 1.82) is 0 Å². The third-order valence-electron chi connectivity index (χ3n) is 5.78. The van der Waals surface area contributed by atoms with E-state index in [9.17, 15) is 4.79 Å². The topological polar surface area (TPSA) is 107 Å². The summed E-state index contributed by atoms with van der Waals surface area (Å²) >= 11 is 0. The Balaban J connectivity index is 1.51. The Morgan fingerprint density at radius 3 is 2.52 bits per heavy atom. The minimum atomic E-state index is -0.213. The highest BCUT2D eigenvalue weighted by Crippen LogP contribution is 2.27. The number of aryl methyl sites for hydroxylation is 1. The molecule has 0 aliphatic carbocycles. The molecule has 3 aromatic heterocycles. The molecule has 33 heavy (non-hydrogen) atoms. The van der Waals surface area contributed by atoms with Crippen LogP contribution in [0, 0.1) is 0 Å². The standard InChI is InChI=1S/C25H25N7O/c1-15(2)18-6-4-5-7-19(18)22-27-12-20-24(30-22)32(25(33)28-20)13-16-8-10-17(11-9-16)23-29-21(26)14-31(23)3/h4-12,14-15H,13,26H2,1-3H3,(H,28,33). The third-order valence-corrected chi connectivity index (χ3v) is 5.78. The molecule has 0 amide bonds. The van der Waals surface area contributed by atoms with Crippen LogP contribution in [-0.4, -0.2) is 29.1 Å². The van der Waals surface area contributed by atoms with Gasteiger partial charge in [-0.2, -0.15) is 0 Å². The first-order chi connectivity index (χ1) is 15.9. The molecule has 2 aromatic carbocycles. The molecule has 0 aliphatic heterocycles. The summed E-state index contributed by atoms with van der Waals surface area (Å²) in [5.41, 5.74) is 10.9. The van der Waals surface area contributed by atoms with Crippen molar-refractivity contribution in [3.63, 3.8) is 0 Å². The summed E-state index contributed by atoms with van der Waals surface area (Å²) in [6.45, 7) is 4.68. The van der Waals surface area contributed by atoms with Crippen molar-refractivity contribution in [3.05, 3.63) is 82.5 Å². The second kappa shape index (κ2) is 8.05. The van der Waals surface area contributed by atoms with E-state index in [-0.39, 0.29) is 5.69 Å². The first-order valence-electron chi connectivity index (χ1n) is 10.8. The van der Waals surface area contributed by atoms with Gasteiger partial charge in [0.15, 0.2) is 11.5 Å². The lowest BCUT2D eigenvalue weighted by Gasteiger charge is -2.11. The molecule has 0 atom stereocenters. The Morgan fingerprint density at radius 1 is 1.06 bits per heavy atom. The highest BCUT2D eigenvalue weighted by molar-refractivity contribution is 5.74. The maximum Gasteiger partial charge on any atom is 0.328 e. The van der Waals surface area contributed by atoms with Crippen LogP contribution in [0.15, 0.2) is 65.7 Å². The van der Waals surface area contributed by atoms with Crippen molar-refractivity contribution in [2.75, 3.05) is 5.73 Å². The molecule has 0 unspecified atom stereocenters. The number of anilines is 1. The zero-order valence-corrected chi connectivity index (χ0v) is 18.8. The van der Waals surface area contributed by atoms with E-state index < -0.39 is 0 Å². The van der Waals surface area contributed by atoms with E-state index in [1.807, 2.05) is 54.1 Å². The summed E-state index contributed by atoms with van der Waals surface area (Å²) in [7, 11) is 1.91. The molecule has 5 rings (SSSR count). The van der Waals surface area contributed by atoms with E-state index in [2.05, 4.69) is 34.9 Å². The third kappa shape index (κ3) is 3.80. The zero-order chi connectivity index (χ0) is 23.1. The number of nitrogen functional groups attached to an aromatic ring is 1. The Labute approximate surface area is 190 Å². The van der Waals surface area contributed by atoms with Gasteiger partial charge in [-0.15, -0.1) is 0 Å². The van der Waals surface area contributed by atoms with Crippen LogP contribution in [0.1, 0.15) is 30.9 Å². The van der Waals surface area contributed by atoms with Crippen LogP contribution in [0.25, 0.3) is 33.9 Å². The molecule has 8 nitrogen and oxygen atoms in total. The molecule has 0 saturated heterocycles. The molecule has 0 saturated carbocycles. The van der Waals surface area contributed by atoms with E-state index in [1.54, 1.807) is 17.0 Å². The SMILES string of the molecule is CC(C)c1ccccc1-c1ncc2[nH]c(=O)n(Cc3ccc(-c4nc(N)cn4C)cc3)c2n1. The minimum absolute atomic E-state index is 0.213. The van der Waals surface area contributed by atoms with Crippen molar-refractivity contribution in [2.24, 2.45) is 7.05 Å². The Bertz CT molecular complexity index is 1510. The van der Waals surface area contributed by atoms with Gasteiger partial charge >= 0.3 is 5.69 Å². The number of benzene rings is 2. The smallest absolute Gasteiger partial charge is 0.328 e. The number of aromatic amines is 1. The van der Waals surface area contributed by atoms with Gasteiger partial charge in [0.2, 0.25) is 0 Å². The molecular formula is C25H25N7O. The van der Waals surface area contributed by atoms with Gasteiger partial charge in [0.05, 0.1) is 12.7 Å². The average Bonchev–Trinajstić information content (AvgIpc) is 3.31. The number of nitrogens with two attached hydrogens (primary N) is 1. The van der Waals surface area contributed by atoms with Crippen molar-refractivity contribution in [2.45, 2.75) is 26.3 Å². The van der Waals surface area contributed by atoms with Crippen LogP contribution in [-0.2, 0) is 13.6 Å². The first-order valence-corrected chi connectivity index (χ1v) is 10.8. The number of H-pyrrole nitrogens is 1. The molecule has 8 heteroatoms. The molecule has 3 heterocycles. The van der Waals surface area contributed by atoms with Crippen LogP contribution in [0.5, 0.6) is 0 Å². The van der Waals surface area contributed by atoms with Gasteiger partial charge in [-0.1, -0.05) is 62.4 Å². The molecule has 3 N–H and O–H groups in total. The van der Waals surface area contributed by atoms with Crippen molar-refractivity contribution in [1.82, 2.24) is 29.1 Å². The van der Waals surface area contributed by atoms with E-state index in [0.29, 0.717) is 35.3 Å². The quantitative estimate of drug-likeness (QED) is 0.431. The maximum atomic E-state index is 12.7. The van der Waals surface area contributed by atoms with Crippen LogP contribution in [0.2, 0.25) is 0 Å². The normalized spacial score (nSPS) is 11.5. The number of nitrogens with one attached hydrogen (secondary N) is 1. The van der Waals surface area contributed by atoms with Crippen molar-refractivity contribution < 1.29 is 0 Å². The summed E-state index contributed by atoms with van der Waals surface area (Å²) < 4.78 is 3.54. The molecule has 0 bridgehead atoms. The van der Waals surface area contributed by atoms with Crippen LogP contribution < -0.4 is 11.4 Å². The lowest BCUT2D eigenvalue weighted by Crippen LogP contribution is -2.17. The lowest BCUT2D eigenvalue weighted by atomic mass is 9.97. The second-order valence-electron chi connectivity index (χ2n) is 8.49. The lowest BCUT2D eigenvalue weighted by molar-refractivity contribution is 0.777. The van der Waals surface area contributed by atoms with Crippen LogP contribution >= 0.6 is 0 Å². The van der Waals surface area contributed by atoms with Gasteiger partial charge < -0.3 is 15.3 Å². The molecule has 166 valence electrons. The van der Waals surface area contributed by atoms with Gasteiger partial charge in [-0.05, 0) is 17.0 Å². The first kappa shape index (κ1) is 20.7. The van der Waals surface area contributed by atoms with Crippen LogP contribution in [0.4, 0.5) is 5.82 Å². The fourth-order valence-corrected chi connectivity index (χ4v) is 4.13. The number of aromatic nitrogens is 6. The molecule has 0 radical (unpaired) electrons. The van der Waals surface area contributed by atoms with Crippen molar-refractivity contribution >= 4 is 17.0 Å². The number of nitrogens with zero attached hydrogens (tertiary/aromatic N) is 5. The molecule has 5 aromatic rings. The van der Waals surface area contributed by atoms with Gasteiger partial charge in [0.1, 0.15) is 17.2 Å². The van der Waals surface area contributed by atoms with Crippen molar-refractivity contribution in [3.8, 4) is 22.8 Å². The Hall–Kier alpha value is -4.20. The Kier molecular flexibility index (Phi) is 5.05. The van der Waals surface area contributed by atoms with E-state index >= 15 is 0 Å². The highest BCUT2D eigenvalue weighted by atomic mass is 16.1. The van der Waals surface area contributed by atoms with Gasteiger partial charge in [-0.25, -0.2) is 19.7 Å². The number of hydrogen-bond donors (Lipinski definition) is 2. The summed E-state index contributed by atoms with van der Waals surface area (Å²) in [6.07, 6.45) is 3.46. The van der Waals surface area contributed by atoms with E-state index in [0.717, 1.165) is 22.5 Å². The minimum Gasteiger partial charge on any atom is -0.382 e. The fraction of sp³-hybridized carbons (Fsp3) is 0.200. The monoisotopic (exact) mass is 439 g/mol. The molecular weight excluding hydrogens is 414 g/mol. The summed E-state index contributed by atoms with van der Waals surface area (Å²) in [6, 6.07) is 16.1. The van der Waals surface area contributed by atoms with E-state index in [4.69, 9.17) is 10.7 Å². The number of rotatable bonds is 5. The van der Waals surface area contributed by atoms with E-state index in [1.165, 1.54) is 5.56 Å². The van der Waals surface area contributed by atoms with Crippen LogP contribution in [0.3, 0.4) is 0 Å². The van der Waals surface area contributed by atoms with Gasteiger partial charge in [0.25, 0.3) is 0 Å². The summed E-state index contributed by atoms with van der Waals surface area (Å²) in [5, 5.41) is 0. The number of fused-ring (bicyclic) bond motifs is 1. The molecule has 0 spiro atoms. The number of imidazole rings is 2. The summed E-state index contributed by atoms with van der Waals surface area (Å²) in [4.78, 5) is 29.2. The molecule has 0 fully saturated rings. The average molecular weight is 440 g/mol. The van der Waals surface area contributed by atoms with Gasteiger partial charge in [-0.3, -0.25) is 4.57 Å². The largest absolute Gasteiger partial charge is 0.382 e. The predicted molar refractivity (Wildman–Crippen MR) is 130 cm³/mol. The highest BCUT2D eigenvalue weighted by Gasteiger charge is 2.15. The Morgan fingerprint density at radius 2 is 1.82 bits per heavy atom. The summed E-state index contributed by atoms with van der Waals surface area (Å²) in [5.74, 6) is 2.23. The fourth-order valence-electron chi connectivity index (χ4n) is 4.13. The zero-order valence-electron chi connectivity index (χ0n) is 18.8. The predicted octanol–water partition coefficient (Wildman–Crippen LogP) is 3.94.